The lowest BCUT2D eigenvalue weighted by Crippen LogP contribution is -2.21. The number of imidazole rings is 2. The predicted molar refractivity (Wildman–Crippen MR) is 168 cm³/mol. The van der Waals surface area contributed by atoms with Gasteiger partial charge in [0.15, 0.2) is 9.54 Å². The van der Waals surface area contributed by atoms with Crippen molar-refractivity contribution in [2.75, 3.05) is 23.0 Å². The highest BCUT2D eigenvalue weighted by Crippen LogP contribution is 2.29. The van der Waals surface area contributed by atoms with Gasteiger partial charge in [0.25, 0.3) is 0 Å². The Morgan fingerprint density at radius 3 is 1.33 bits per heavy atom. The summed E-state index contributed by atoms with van der Waals surface area (Å²) in [6.07, 6.45) is 7.48. The van der Waals surface area contributed by atoms with Crippen LogP contribution in [0, 0.1) is 20.4 Å². The van der Waals surface area contributed by atoms with Crippen LogP contribution in [0.2, 0.25) is 0 Å². The molecular formula is C27H48N4O4S4. The fourth-order valence-corrected chi connectivity index (χ4v) is 7.94. The van der Waals surface area contributed by atoms with Crippen LogP contribution in [0.5, 0.6) is 11.8 Å². The maximum atomic E-state index is 12.5. The van der Waals surface area contributed by atoms with E-state index >= 15 is 0 Å². The Balaban J connectivity index is 1.66. The van der Waals surface area contributed by atoms with Crippen molar-refractivity contribution >= 4 is 46.0 Å². The molecule has 0 saturated carbocycles. The molecule has 0 aliphatic heterocycles. The summed E-state index contributed by atoms with van der Waals surface area (Å²) < 4.78 is 33.6. The minimum absolute atomic E-state index is 0.0841. The van der Waals surface area contributed by atoms with Crippen LogP contribution in [-0.2, 0) is 47.8 Å². The highest BCUT2D eigenvalue weighted by molar-refractivity contribution is 7.85. The predicted octanol–water partition coefficient (Wildman–Crippen LogP) is 6.00. The van der Waals surface area contributed by atoms with E-state index in [1.165, 1.54) is 0 Å². The molecule has 2 N–H and O–H groups in total. The molecule has 0 bridgehead atoms. The average molecular weight is 621 g/mol. The second-order valence-electron chi connectivity index (χ2n) is 11.9. The second-order valence-corrected chi connectivity index (χ2v) is 16.0. The molecule has 2 aromatic rings. The van der Waals surface area contributed by atoms with Gasteiger partial charge in [0.1, 0.15) is 0 Å². The van der Waals surface area contributed by atoms with E-state index in [0.717, 1.165) is 38.8 Å². The monoisotopic (exact) mass is 620 g/mol. The fraction of sp³-hybridized carbons (Fsp3) is 0.778. The first kappa shape index (κ1) is 34.0. The summed E-state index contributed by atoms with van der Waals surface area (Å²) in [7, 11) is -1.85. The Hall–Kier alpha value is -1.24. The number of hydrogen-bond donors (Lipinski definition) is 2. The Morgan fingerprint density at radius 2 is 1.03 bits per heavy atom. The fourth-order valence-electron chi connectivity index (χ4n) is 4.81. The van der Waals surface area contributed by atoms with E-state index in [9.17, 15) is 18.6 Å². The quantitative estimate of drug-likeness (QED) is 0.199. The molecule has 0 aliphatic rings. The Bertz CT molecular complexity index is 1150. The molecule has 0 radical (unpaired) electrons. The summed E-state index contributed by atoms with van der Waals surface area (Å²) in [5, 5.41) is 20.5. The number of hydrogen-bond acceptors (Lipinski definition) is 6. The molecule has 8 nitrogen and oxygen atoms in total. The number of aryl methyl sites for hydroxylation is 2. The standard InChI is InChI=1S/C27H48N4O4S4/c1-7-28-18-22(32)30(24(28)36)20-26(3,4)12-9-14-38(34)16-11-17-39(35)15-10-13-27(5,6)21-31-23(33)19-29(8-2)25(31)37/h18-19,32-33H,7-17,20-21H2,1-6H3. The van der Waals surface area contributed by atoms with E-state index in [1.54, 1.807) is 21.5 Å². The molecule has 2 rings (SSSR count). The minimum Gasteiger partial charge on any atom is -0.493 e. The van der Waals surface area contributed by atoms with E-state index in [2.05, 4.69) is 27.7 Å². The summed E-state index contributed by atoms with van der Waals surface area (Å²) in [6, 6.07) is 0. The molecule has 0 amide bonds. The highest BCUT2D eigenvalue weighted by atomic mass is 32.2. The normalized spacial score (nSPS) is 14.1. The molecule has 2 heterocycles. The van der Waals surface area contributed by atoms with Crippen LogP contribution >= 0.6 is 24.4 Å². The van der Waals surface area contributed by atoms with Gasteiger partial charge in [-0.05, 0) is 81.2 Å². The maximum absolute atomic E-state index is 12.5. The molecule has 12 heteroatoms. The molecular weight excluding hydrogens is 573 g/mol. The van der Waals surface area contributed by atoms with Gasteiger partial charge in [-0.15, -0.1) is 0 Å². The number of aromatic nitrogens is 4. The van der Waals surface area contributed by atoms with Crippen LogP contribution in [0.3, 0.4) is 0 Å². The molecule has 0 aliphatic carbocycles. The van der Waals surface area contributed by atoms with Gasteiger partial charge in [-0.3, -0.25) is 17.6 Å². The minimum atomic E-state index is -0.923. The number of rotatable bonds is 18. The van der Waals surface area contributed by atoms with Crippen LogP contribution in [0.4, 0.5) is 0 Å². The summed E-state index contributed by atoms with van der Waals surface area (Å²) in [6.45, 7) is 15.2. The lowest BCUT2D eigenvalue weighted by molar-refractivity contribution is 0.261. The van der Waals surface area contributed by atoms with E-state index in [0.29, 0.717) is 52.1 Å². The smallest absolute Gasteiger partial charge is 0.210 e. The van der Waals surface area contributed by atoms with E-state index < -0.39 is 21.6 Å². The SMILES string of the molecule is CCn1cc(O)n(CC(C)(C)CCCS(=O)CCCS(=O)CCCC(C)(C)Cn2c(O)cn(CC)c2=S)c1=S. The Labute approximate surface area is 249 Å². The third-order valence-electron chi connectivity index (χ3n) is 7.10. The molecule has 2 atom stereocenters. The van der Waals surface area contributed by atoms with Gasteiger partial charge in [0, 0.05) is 70.8 Å². The lowest BCUT2D eigenvalue weighted by Gasteiger charge is -2.25. The van der Waals surface area contributed by atoms with Gasteiger partial charge in [0.2, 0.25) is 11.8 Å². The van der Waals surface area contributed by atoms with Crippen molar-refractivity contribution in [1.82, 2.24) is 18.3 Å². The number of aromatic hydroxyl groups is 2. The summed E-state index contributed by atoms with van der Waals surface area (Å²) in [4.78, 5) is 0. The van der Waals surface area contributed by atoms with Crippen molar-refractivity contribution in [3.63, 3.8) is 0 Å². The van der Waals surface area contributed by atoms with Crippen molar-refractivity contribution in [3.8, 4) is 11.8 Å². The average Bonchev–Trinajstić information content (AvgIpc) is 3.27. The first-order valence-electron chi connectivity index (χ1n) is 13.9. The molecule has 2 unspecified atom stereocenters. The molecule has 0 saturated heterocycles. The number of nitrogens with zero attached hydrogens (tertiary/aromatic N) is 4. The summed E-state index contributed by atoms with van der Waals surface area (Å²) in [5.41, 5.74) is -0.168. The van der Waals surface area contributed by atoms with Gasteiger partial charge in [-0.1, -0.05) is 27.7 Å². The highest BCUT2D eigenvalue weighted by Gasteiger charge is 2.23. The van der Waals surface area contributed by atoms with Crippen molar-refractivity contribution in [3.05, 3.63) is 21.9 Å². The first-order valence-corrected chi connectivity index (χ1v) is 17.7. The molecule has 0 fully saturated rings. The Kier molecular flexibility index (Phi) is 13.2. The molecule has 0 aromatic carbocycles. The van der Waals surface area contributed by atoms with Crippen molar-refractivity contribution in [2.45, 2.75) is 99.8 Å². The van der Waals surface area contributed by atoms with Gasteiger partial charge in [-0.2, -0.15) is 0 Å². The van der Waals surface area contributed by atoms with Crippen molar-refractivity contribution in [1.29, 1.82) is 0 Å². The van der Waals surface area contributed by atoms with Crippen molar-refractivity contribution < 1.29 is 18.6 Å². The van der Waals surface area contributed by atoms with Crippen LogP contribution in [0.25, 0.3) is 0 Å². The largest absolute Gasteiger partial charge is 0.493 e. The molecule has 224 valence electrons. The third-order valence-corrected chi connectivity index (χ3v) is 11.0. The van der Waals surface area contributed by atoms with Crippen LogP contribution in [-0.4, -0.2) is 59.9 Å². The zero-order valence-corrected chi connectivity index (χ0v) is 27.7. The van der Waals surface area contributed by atoms with Gasteiger partial charge < -0.3 is 19.3 Å². The van der Waals surface area contributed by atoms with E-state index in [-0.39, 0.29) is 22.6 Å². The Morgan fingerprint density at radius 1 is 0.692 bits per heavy atom. The van der Waals surface area contributed by atoms with Gasteiger partial charge in [-0.25, -0.2) is 0 Å². The second kappa shape index (κ2) is 15.1. The van der Waals surface area contributed by atoms with Gasteiger partial charge >= 0.3 is 0 Å². The van der Waals surface area contributed by atoms with Crippen molar-refractivity contribution in [2.24, 2.45) is 10.8 Å². The first-order chi connectivity index (χ1) is 18.2. The lowest BCUT2D eigenvalue weighted by atomic mass is 9.88. The molecule has 0 spiro atoms. The summed E-state index contributed by atoms with van der Waals surface area (Å²) in [5.74, 6) is 2.79. The topological polar surface area (TPSA) is 94.3 Å². The third kappa shape index (κ3) is 10.6. The zero-order chi connectivity index (χ0) is 29.4. The van der Waals surface area contributed by atoms with Crippen LogP contribution < -0.4 is 0 Å². The van der Waals surface area contributed by atoms with Gasteiger partial charge in [0.05, 0.1) is 12.4 Å². The van der Waals surface area contributed by atoms with Crippen LogP contribution in [0.1, 0.15) is 73.6 Å². The molecule has 2 aromatic heterocycles. The summed E-state index contributed by atoms with van der Waals surface area (Å²) >= 11 is 10.9. The maximum Gasteiger partial charge on any atom is 0.210 e. The van der Waals surface area contributed by atoms with E-state index in [1.807, 2.05) is 23.0 Å². The molecule has 39 heavy (non-hydrogen) atoms. The zero-order valence-electron chi connectivity index (χ0n) is 24.5. The van der Waals surface area contributed by atoms with E-state index in [4.69, 9.17) is 24.4 Å². The van der Waals surface area contributed by atoms with Crippen LogP contribution in [0.15, 0.2) is 12.4 Å².